The van der Waals surface area contributed by atoms with Crippen molar-refractivity contribution in [3.63, 3.8) is 0 Å². The second kappa shape index (κ2) is 5.12. The second-order valence-corrected chi connectivity index (χ2v) is 3.94. The first-order chi connectivity index (χ1) is 7.04. The van der Waals surface area contributed by atoms with Gasteiger partial charge < -0.3 is 9.84 Å². The van der Waals surface area contributed by atoms with Crippen molar-refractivity contribution in [3.8, 4) is 5.75 Å². The van der Waals surface area contributed by atoms with Crippen molar-refractivity contribution in [1.82, 2.24) is 0 Å². The molecule has 3 heteroatoms. The van der Waals surface area contributed by atoms with Gasteiger partial charge in [0, 0.05) is 12.5 Å². The van der Waals surface area contributed by atoms with Gasteiger partial charge in [-0.3, -0.25) is 0 Å². The number of hydrogen-bond donors (Lipinski definition) is 1. The van der Waals surface area contributed by atoms with Gasteiger partial charge in [-0.1, -0.05) is 13.0 Å². The summed E-state index contributed by atoms with van der Waals surface area (Å²) in [5.74, 6) is -0.159. The van der Waals surface area contributed by atoms with Gasteiger partial charge in [-0.05, 0) is 31.5 Å². The molecule has 0 saturated carbocycles. The van der Waals surface area contributed by atoms with Crippen molar-refractivity contribution in [2.75, 3.05) is 6.61 Å². The van der Waals surface area contributed by atoms with Crippen LogP contribution in [0.25, 0.3) is 0 Å². The van der Waals surface area contributed by atoms with Crippen molar-refractivity contribution < 1.29 is 14.2 Å². The van der Waals surface area contributed by atoms with Crippen LogP contribution in [0, 0.1) is 5.82 Å². The molecule has 0 aliphatic carbocycles. The molecule has 0 amide bonds. The Morgan fingerprint density at radius 2 is 2.00 bits per heavy atom. The van der Waals surface area contributed by atoms with E-state index in [9.17, 15) is 4.39 Å². The molecule has 0 saturated heterocycles. The number of aliphatic hydroxyl groups excluding tert-OH is 1. The minimum atomic E-state index is -0.374. The Labute approximate surface area is 89.7 Å². The molecule has 1 aromatic rings. The number of aliphatic hydroxyl groups is 1. The van der Waals surface area contributed by atoms with Gasteiger partial charge in [0.25, 0.3) is 0 Å². The molecule has 0 aliphatic heterocycles. The number of rotatable bonds is 4. The molecule has 0 fully saturated rings. The van der Waals surface area contributed by atoms with E-state index in [1.807, 2.05) is 20.8 Å². The van der Waals surface area contributed by atoms with Crippen LogP contribution in [0.5, 0.6) is 5.75 Å². The van der Waals surface area contributed by atoms with E-state index in [1.165, 1.54) is 6.07 Å². The topological polar surface area (TPSA) is 29.5 Å². The van der Waals surface area contributed by atoms with E-state index in [4.69, 9.17) is 9.84 Å². The smallest absolute Gasteiger partial charge is 0.165 e. The van der Waals surface area contributed by atoms with E-state index >= 15 is 0 Å². The van der Waals surface area contributed by atoms with Crippen molar-refractivity contribution in [2.24, 2.45) is 0 Å². The van der Waals surface area contributed by atoms with Gasteiger partial charge in [0.2, 0.25) is 0 Å². The molecule has 0 aliphatic rings. The molecule has 0 radical (unpaired) electrons. The lowest BCUT2D eigenvalue weighted by molar-refractivity contribution is 0.230. The van der Waals surface area contributed by atoms with Crippen LogP contribution < -0.4 is 4.74 Å². The van der Waals surface area contributed by atoms with Gasteiger partial charge in [-0.2, -0.15) is 0 Å². The van der Waals surface area contributed by atoms with Gasteiger partial charge in [-0.15, -0.1) is 0 Å². The lowest BCUT2D eigenvalue weighted by Crippen LogP contribution is -2.07. The van der Waals surface area contributed by atoms with Crippen molar-refractivity contribution >= 4 is 0 Å². The molecule has 2 nitrogen and oxygen atoms in total. The standard InChI is InChI=1S/C12H17FO2/c1-8(2)15-12-5-4-10(6-11(12)13)9(3)7-14/h4-6,8-9,14H,7H2,1-3H3. The monoisotopic (exact) mass is 212 g/mol. The highest BCUT2D eigenvalue weighted by Crippen LogP contribution is 2.23. The number of halogens is 1. The lowest BCUT2D eigenvalue weighted by atomic mass is 10.0. The van der Waals surface area contributed by atoms with Crippen LogP contribution in [0.15, 0.2) is 18.2 Å². The summed E-state index contributed by atoms with van der Waals surface area (Å²) in [6.45, 7) is 5.56. The fraction of sp³-hybridized carbons (Fsp3) is 0.500. The molecule has 84 valence electrons. The maximum atomic E-state index is 13.5. The quantitative estimate of drug-likeness (QED) is 0.831. The molecule has 0 heterocycles. The summed E-state index contributed by atoms with van der Waals surface area (Å²) < 4.78 is 18.8. The maximum absolute atomic E-state index is 13.5. The SMILES string of the molecule is CC(C)Oc1ccc(C(C)CO)cc1F. The van der Waals surface area contributed by atoms with E-state index in [0.717, 1.165) is 5.56 Å². The zero-order valence-electron chi connectivity index (χ0n) is 9.33. The first-order valence-electron chi connectivity index (χ1n) is 5.11. The van der Waals surface area contributed by atoms with Crippen LogP contribution in [-0.2, 0) is 0 Å². The van der Waals surface area contributed by atoms with E-state index < -0.39 is 0 Å². The lowest BCUT2D eigenvalue weighted by Gasteiger charge is -2.13. The highest BCUT2D eigenvalue weighted by atomic mass is 19.1. The van der Waals surface area contributed by atoms with Crippen LogP contribution in [0.1, 0.15) is 32.3 Å². The van der Waals surface area contributed by atoms with Gasteiger partial charge >= 0.3 is 0 Å². The Morgan fingerprint density at radius 3 is 2.47 bits per heavy atom. The Balaban J connectivity index is 2.88. The predicted molar refractivity (Wildman–Crippen MR) is 57.7 cm³/mol. The molecular formula is C12H17FO2. The van der Waals surface area contributed by atoms with Crippen molar-refractivity contribution in [2.45, 2.75) is 32.8 Å². The van der Waals surface area contributed by atoms with E-state index in [1.54, 1.807) is 12.1 Å². The largest absolute Gasteiger partial charge is 0.488 e. The van der Waals surface area contributed by atoms with Crippen LogP contribution in [-0.4, -0.2) is 17.8 Å². The van der Waals surface area contributed by atoms with Crippen LogP contribution >= 0.6 is 0 Å². The van der Waals surface area contributed by atoms with Gasteiger partial charge in [0.1, 0.15) is 0 Å². The molecule has 1 atom stereocenters. The molecule has 15 heavy (non-hydrogen) atoms. The first kappa shape index (κ1) is 12.0. The molecule has 0 bridgehead atoms. The third kappa shape index (κ3) is 3.20. The second-order valence-electron chi connectivity index (χ2n) is 3.94. The van der Waals surface area contributed by atoms with E-state index in [0.29, 0.717) is 0 Å². The summed E-state index contributed by atoms with van der Waals surface area (Å²) in [5.41, 5.74) is 0.783. The van der Waals surface area contributed by atoms with E-state index in [2.05, 4.69) is 0 Å². The van der Waals surface area contributed by atoms with Gasteiger partial charge in [-0.25, -0.2) is 4.39 Å². The fourth-order valence-corrected chi connectivity index (χ4v) is 1.28. The average molecular weight is 212 g/mol. The minimum absolute atomic E-state index is 0.0177. The number of benzene rings is 1. The summed E-state index contributed by atoms with van der Waals surface area (Å²) >= 11 is 0. The van der Waals surface area contributed by atoms with Gasteiger partial charge in [0.15, 0.2) is 11.6 Å². The zero-order chi connectivity index (χ0) is 11.4. The molecule has 1 aromatic carbocycles. The molecule has 1 rings (SSSR count). The van der Waals surface area contributed by atoms with Crippen LogP contribution in [0.2, 0.25) is 0 Å². The van der Waals surface area contributed by atoms with Gasteiger partial charge in [0.05, 0.1) is 6.10 Å². The normalized spacial score (nSPS) is 12.9. The minimum Gasteiger partial charge on any atom is -0.488 e. The predicted octanol–water partition coefficient (Wildman–Crippen LogP) is 2.71. The highest BCUT2D eigenvalue weighted by molar-refractivity contribution is 5.31. The molecule has 0 spiro atoms. The Hall–Kier alpha value is -1.09. The zero-order valence-corrected chi connectivity index (χ0v) is 9.33. The summed E-state index contributed by atoms with van der Waals surface area (Å²) in [6, 6.07) is 4.80. The molecule has 0 aromatic heterocycles. The van der Waals surface area contributed by atoms with Crippen molar-refractivity contribution in [1.29, 1.82) is 0 Å². The van der Waals surface area contributed by atoms with Crippen LogP contribution in [0.4, 0.5) is 4.39 Å². The third-order valence-corrected chi connectivity index (χ3v) is 2.16. The maximum Gasteiger partial charge on any atom is 0.165 e. The average Bonchev–Trinajstić information content (AvgIpc) is 2.19. The van der Waals surface area contributed by atoms with E-state index in [-0.39, 0.29) is 30.2 Å². The Bertz CT molecular complexity index is 323. The molecule has 1 N–H and O–H groups in total. The fourth-order valence-electron chi connectivity index (χ4n) is 1.28. The molecular weight excluding hydrogens is 195 g/mol. The summed E-state index contributed by atoms with van der Waals surface area (Å²) in [5, 5.41) is 8.94. The third-order valence-electron chi connectivity index (χ3n) is 2.16. The summed E-state index contributed by atoms with van der Waals surface area (Å²) in [7, 11) is 0. The summed E-state index contributed by atoms with van der Waals surface area (Å²) in [4.78, 5) is 0. The van der Waals surface area contributed by atoms with Crippen LogP contribution in [0.3, 0.4) is 0 Å². The molecule has 1 unspecified atom stereocenters. The Kier molecular flexibility index (Phi) is 4.09. The number of hydrogen-bond acceptors (Lipinski definition) is 2. The number of ether oxygens (including phenoxy) is 1. The highest BCUT2D eigenvalue weighted by Gasteiger charge is 2.10. The first-order valence-corrected chi connectivity index (χ1v) is 5.11. The summed E-state index contributed by atoms with van der Waals surface area (Å²) in [6.07, 6.45) is -0.0411. The van der Waals surface area contributed by atoms with Crippen molar-refractivity contribution in [3.05, 3.63) is 29.6 Å². The Morgan fingerprint density at radius 1 is 1.33 bits per heavy atom.